The highest BCUT2D eigenvalue weighted by Crippen LogP contribution is 2.65. The van der Waals surface area contributed by atoms with E-state index < -0.39 is 13.5 Å². The van der Waals surface area contributed by atoms with E-state index in [1.54, 1.807) is 0 Å². The van der Waals surface area contributed by atoms with Gasteiger partial charge in [-0.25, -0.2) is 0 Å². The summed E-state index contributed by atoms with van der Waals surface area (Å²) in [6.07, 6.45) is 0. The summed E-state index contributed by atoms with van der Waals surface area (Å²) in [6.45, 7) is 9.40. The van der Waals surface area contributed by atoms with Crippen molar-refractivity contribution < 1.29 is 0 Å². The first-order valence-electron chi connectivity index (χ1n) is 24.2. The zero-order valence-electron chi connectivity index (χ0n) is 38.7. The van der Waals surface area contributed by atoms with Crippen LogP contribution in [0.2, 0.25) is 0 Å². The van der Waals surface area contributed by atoms with Gasteiger partial charge in [0.25, 0.3) is 0 Å². The van der Waals surface area contributed by atoms with Gasteiger partial charge < -0.3 is 4.90 Å². The van der Waals surface area contributed by atoms with Crippen molar-refractivity contribution in [2.24, 2.45) is 0 Å². The fraction of sp³-hybridized carbons (Fsp3) is 0.0909. The van der Waals surface area contributed by atoms with Gasteiger partial charge in [0.1, 0.15) is 0 Å². The van der Waals surface area contributed by atoms with Crippen molar-refractivity contribution in [3.63, 3.8) is 0 Å². The Kier molecular flexibility index (Phi) is 7.45. The molecule has 0 saturated carbocycles. The van der Waals surface area contributed by atoms with Gasteiger partial charge >= 0.3 is 0 Å². The quantitative estimate of drug-likeness (QED) is 0.156. The molecule has 0 aromatic heterocycles. The van der Waals surface area contributed by atoms with E-state index in [9.17, 15) is 0 Å². The molecule has 15 rings (SSSR count). The second-order valence-corrected chi connectivity index (χ2v) is 24.1. The Labute approximate surface area is 399 Å². The molecule has 2 aliphatic carbocycles. The third kappa shape index (κ3) is 4.57. The zero-order valence-corrected chi connectivity index (χ0v) is 39.7. The number of fused-ring (bicyclic) bond motifs is 22. The molecule has 5 aliphatic rings. The van der Waals surface area contributed by atoms with Crippen molar-refractivity contribution in [3.05, 3.63) is 257 Å². The minimum Gasteiger partial charge on any atom is -0.310 e. The average Bonchev–Trinajstić information content (AvgIpc) is 4.02. The summed E-state index contributed by atoms with van der Waals surface area (Å²) in [5.74, 6) is 0. The van der Waals surface area contributed by atoms with Crippen molar-refractivity contribution in [2.45, 2.75) is 38.5 Å². The van der Waals surface area contributed by atoms with Crippen LogP contribution in [0.1, 0.15) is 58.4 Å². The number of hydrogen-bond donors (Lipinski definition) is 0. The molecule has 10 aromatic rings. The minimum atomic E-state index is -2.78. The summed E-state index contributed by atoms with van der Waals surface area (Å²) >= 11 is 0. The number of anilines is 3. The molecule has 2 spiro atoms. The van der Waals surface area contributed by atoms with Crippen LogP contribution in [0, 0.1) is 13.8 Å². The molecule has 1 nitrogen and oxygen atoms in total. The van der Waals surface area contributed by atoms with E-state index in [0.29, 0.717) is 0 Å². The monoisotopic (exact) mass is 881 g/mol. The molecule has 0 N–H and O–H groups in total. The summed E-state index contributed by atoms with van der Waals surface area (Å²) in [4.78, 5) is 2.66. The lowest BCUT2D eigenvalue weighted by Gasteiger charge is -2.46. The van der Waals surface area contributed by atoms with Gasteiger partial charge in [-0.15, -0.1) is 0 Å². The van der Waals surface area contributed by atoms with Gasteiger partial charge in [-0.1, -0.05) is 207 Å². The normalized spacial score (nSPS) is 15.7. The Morgan fingerprint density at radius 2 is 0.838 bits per heavy atom. The smallest absolute Gasteiger partial charge is 0.182 e. The van der Waals surface area contributed by atoms with Crippen molar-refractivity contribution in [2.75, 3.05) is 4.90 Å². The maximum atomic E-state index is 2.66. The van der Waals surface area contributed by atoms with Crippen molar-refractivity contribution in [3.8, 4) is 55.6 Å². The number of benzene rings is 10. The molecule has 68 heavy (non-hydrogen) atoms. The lowest BCUT2D eigenvalue weighted by atomic mass is 9.63. The van der Waals surface area contributed by atoms with Gasteiger partial charge in [0, 0.05) is 11.1 Å². The van der Waals surface area contributed by atoms with Gasteiger partial charge in [0.2, 0.25) is 0 Å². The van der Waals surface area contributed by atoms with Crippen LogP contribution in [-0.4, -0.2) is 8.07 Å². The molecule has 0 radical (unpaired) electrons. The Morgan fingerprint density at radius 1 is 0.324 bits per heavy atom. The number of nitrogens with zero attached hydrogens (tertiary/aromatic N) is 1. The molecular weight excluding hydrogens is 835 g/mol. The van der Waals surface area contributed by atoms with Gasteiger partial charge in [0.15, 0.2) is 8.07 Å². The highest BCUT2D eigenvalue weighted by Gasteiger charge is 2.56. The summed E-state index contributed by atoms with van der Waals surface area (Å²) in [6, 6.07) is 82.6. The maximum Gasteiger partial charge on any atom is 0.182 e. The summed E-state index contributed by atoms with van der Waals surface area (Å²) in [5, 5.41) is 6.03. The topological polar surface area (TPSA) is 3.24 Å². The molecule has 3 aliphatic heterocycles. The molecule has 0 bridgehead atoms. The van der Waals surface area contributed by atoms with Crippen LogP contribution in [0.15, 0.2) is 212 Å². The van der Waals surface area contributed by atoms with Gasteiger partial charge in [-0.3, -0.25) is 0 Å². The van der Waals surface area contributed by atoms with E-state index in [1.165, 1.54) is 138 Å². The summed E-state index contributed by atoms with van der Waals surface area (Å²) < 4.78 is 0. The SMILES string of the molecule is Cc1ccc2c(c1)[Si]1(c3ccccc3-c3ccc(N4c5ccc(-c6ccccc6)cc5C5(c6ccccc6-c6ccccc65)c5cc6c(cc54)-c4ccccc4C6(C)C)cc31)c1cc(C)ccc1-2. The van der Waals surface area contributed by atoms with Crippen LogP contribution in [0.25, 0.3) is 55.6 Å². The van der Waals surface area contributed by atoms with Crippen LogP contribution in [-0.2, 0) is 10.8 Å². The van der Waals surface area contributed by atoms with E-state index in [0.717, 1.165) is 0 Å². The molecule has 0 fully saturated rings. The molecule has 320 valence electrons. The van der Waals surface area contributed by atoms with E-state index in [4.69, 9.17) is 0 Å². The molecule has 0 saturated heterocycles. The fourth-order valence-electron chi connectivity index (χ4n) is 14.0. The van der Waals surface area contributed by atoms with Crippen LogP contribution in [0.3, 0.4) is 0 Å². The number of hydrogen-bond acceptors (Lipinski definition) is 1. The van der Waals surface area contributed by atoms with Crippen LogP contribution in [0.5, 0.6) is 0 Å². The molecular formula is C66H47NSi. The summed E-state index contributed by atoms with van der Waals surface area (Å²) in [5.41, 5.74) is 26.9. The molecule has 0 amide bonds. The molecule has 0 unspecified atom stereocenters. The number of rotatable bonds is 2. The Morgan fingerprint density at radius 3 is 1.50 bits per heavy atom. The van der Waals surface area contributed by atoms with E-state index >= 15 is 0 Å². The van der Waals surface area contributed by atoms with E-state index in [2.05, 4.69) is 245 Å². The number of aryl methyl sites for hydroxylation is 2. The van der Waals surface area contributed by atoms with Crippen molar-refractivity contribution in [1.82, 2.24) is 0 Å². The lowest BCUT2D eigenvalue weighted by Crippen LogP contribution is -2.70. The Balaban J connectivity index is 1.09. The van der Waals surface area contributed by atoms with Crippen molar-refractivity contribution in [1.29, 1.82) is 0 Å². The van der Waals surface area contributed by atoms with Gasteiger partial charge in [-0.05, 0) is 154 Å². The Bertz CT molecular complexity index is 3770. The summed E-state index contributed by atoms with van der Waals surface area (Å²) in [7, 11) is -2.78. The molecule has 10 aromatic carbocycles. The fourth-order valence-corrected chi connectivity index (χ4v) is 19.8. The van der Waals surface area contributed by atoms with E-state index in [-0.39, 0.29) is 5.41 Å². The van der Waals surface area contributed by atoms with Crippen molar-refractivity contribution >= 4 is 45.9 Å². The second kappa shape index (κ2) is 13.2. The largest absolute Gasteiger partial charge is 0.310 e. The highest BCUT2D eigenvalue weighted by molar-refractivity contribution is 7.24. The third-order valence-corrected chi connectivity index (χ3v) is 21.7. The first-order chi connectivity index (χ1) is 33.3. The lowest BCUT2D eigenvalue weighted by molar-refractivity contribution is 0.655. The highest BCUT2D eigenvalue weighted by atomic mass is 28.3. The molecule has 2 heteroatoms. The third-order valence-electron chi connectivity index (χ3n) is 16.8. The van der Waals surface area contributed by atoms with E-state index in [1.807, 2.05) is 0 Å². The first-order valence-corrected chi connectivity index (χ1v) is 26.2. The minimum absolute atomic E-state index is 0.187. The van der Waals surface area contributed by atoms with Crippen LogP contribution in [0.4, 0.5) is 17.1 Å². The zero-order chi connectivity index (χ0) is 45.3. The standard InChI is InChI=1S/C66H47NSi/c1-40-26-30-49-50-31-27-41(2)35-63(50)68(62(49)34-40)61-25-15-11-21-48(61)51-32-29-44(37-64(51)68)67-59-33-28-43(42-16-6-5-7-17-42)36-57(59)66(54-23-13-9-18-45(54)46-19-10-14-24-55(46)66)58-39-56-52(38-60(58)67)47-20-8-12-22-53(47)65(56,3)4/h5-39H,1-4H3. The average molecular weight is 882 g/mol. The van der Waals surface area contributed by atoms with Gasteiger partial charge in [0.05, 0.1) is 16.8 Å². The molecule has 0 atom stereocenters. The Hall–Kier alpha value is -7.78. The predicted molar refractivity (Wildman–Crippen MR) is 286 cm³/mol. The van der Waals surface area contributed by atoms with Gasteiger partial charge in [-0.2, -0.15) is 0 Å². The predicted octanol–water partition coefficient (Wildman–Crippen LogP) is 13.8. The second-order valence-electron chi connectivity index (χ2n) is 20.5. The molecule has 3 heterocycles. The van der Waals surface area contributed by atoms with Crippen LogP contribution < -0.4 is 25.6 Å². The maximum absolute atomic E-state index is 2.78. The van der Waals surface area contributed by atoms with Crippen LogP contribution >= 0.6 is 0 Å². The first kappa shape index (κ1) is 38.3.